The number of fused-ring (bicyclic) bond motifs is 1. The van der Waals surface area contributed by atoms with Gasteiger partial charge in [-0.05, 0) is 19.1 Å². The van der Waals surface area contributed by atoms with E-state index in [1.165, 1.54) is 0 Å². The average Bonchev–Trinajstić information content (AvgIpc) is 2.09. The Morgan fingerprint density at radius 3 is 2.92 bits per heavy atom. The fraction of sp³-hybridized carbons (Fsp3) is 0.200. The molecule has 3 heteroatoms. The van der Waals surface area contributed by atoms with E-state index in [4.69, 9.17) is 0 Å². The highest BCUT2D eigenvalue weighted by molar-refractivity contribution is 6.02. The summed E-state index contributed by atoms with van der Waals surface area (Å²) in [5.41, 5.74) is 1.71. The van der Waals surface area contributed by atoms with E-state index in [9.17, 15) is 9.59 Å². The highest BCUT2D eigenvalue weighted by Gasteiger charge is 2.14. The van der Waals surface area contributed by atoms with E-state index < -0.39 is 0 Å². The van der Waals surface area contributed by atoms with Crippen LogP contribution < -0.4 is 5.56 Å². The summed E-state index contributed by atoms with van der Waals surface area (Å²) in [7, 11) is 0. The zero-order valence-corrected chi connectivity index (χ0v) is 7.26. The molecule has 0 unspecified atom stereocenters. The summed E-state index contributed by atoms with van der Waals surface area (Å²) in [6.45, 7) is 1.70. The monoisotopic (exact) mass is 175 g/mol. The minimum absolute atomic E-state index is 0.0665. The minimum atomic E-state index is -0.127. The van der Waals surface area contributed by atoms with Crippen LogP contribution in [0.15, 0.2) is 16.9 Å². The molecule has 1 aromatic rings. The number of aryl methyl sites for hydroxylation is 1. The van der Waals surface area contributed by atoms with Gasteiger partial charge in [-0.1, -0.05) is 6.08 Å². The largest absolute Gasteiger partial charge is 0.322 e. The van der Waals surface area contributed by atoms with Crippen LogP contribution in [0.3, 0.4) is 0 Å². The number of hydrogen-bond acceptors (Lipinski definition) is 2. The molecule has 0 radical (unpaired) electrons. The molecule has 0 amide bonds. The Labute approximate surface area is 75.1 Å². The normalized spacial score (nSPS) is 14.4. The third-order valence-electron chi connectivity index (χ3n) is 2.15. The van der Waals surface area contributed by atoms with Crippen molar-refractivity contribution in [2.75, 3.05) is 0 Å². The lowest BCUT2D eigenvalue weighted by Crippen LogP contribution is -2.16. The zero-order valence-electron chi connectivity index (χ0n) is 7.26. The third-order valence-corrected chi connectivity index (χ3v) is 2.15. The second-order valence-corrected chi connectivity index (χ2v) is 3.14. The molecule has 0 spiro atoms. The minimum Gasteiger partial charge on any atom is -0.322 e. The van der Waals surface area contributed by atoms with Gasteiger partial charge in [0, 0.05) is 17.5 Å². The number of aromatic amines is 1. The van der Waals surface area contributed by atoms with Crippen molar-refractivity contribution in [2.24, 2.45) is 0 Å². The van der Waals surface area contributed by atoms with Crippen molar-refractivity contribution in [2.45, 2.75) is 13.3 Å². The number of hydrogen-bond donors (Lipinski definition) is 1. The van der Waals surface area contributed by atoms with Gasteiger partial charge in [0.05, 0.1) is 5.69 Å². The fourth-order valence-electron chi connectivity index (χ4n) is 1.40. The molecule has 0 fully saturated rings. The van der Waals surface area contributed by atoms with Crippen LogP contribution in [0.25, 0.3) is 6.08 Å². The summed E-state index contributed by atoms with van der Waals surface area (Å²) in [5.74, 6) is 0.0665. The number of allylic oxidation sites excluding steroid dienone is 1. The van der Waals surface area contributed by atoms with Gasteiger partial charge in [0.25, 0.3) is 5.56 Å². The van der Waals surface area contributed by atoms with E-state index in [0.717, 1.165) is 0 Å². The van der Waals surface area contributed by atoms with Crippen LogP contribution in [0.5, 0.6) is 0 Å². The van der Waals surface area contributed by atoms with Crippen molar-refractivity contribution in [1.82, 2.24) is 4.98 Å². The van der Waals surface area contributed by atoms with E-state index in [1.54, 1.807) is 25.1 Å². The molecule has 0 bridgehead atoms. The van der Waals surface area contributed by atoms with E-state index in [2.05, 4.69) is 4.98 Å². The van der Waals surface area contributed by atoms with E-state index >= 15 is 0 Å². The first-order valence-electron chi connectivity index (χ1n) is 4.12. The topological polar surface area (TPSA) is 49.9 Å². The number of nitrogens with one attached hydrogen (secondary N) is 1. The molecule has 13 heavy (non-hydrogen) atoms. The smallest absolute Gasteiger partial charge is 0.251 e. The molecular formula is C10H9NO2. The van der Waals surface area contributed by atoms with Crippen molar-refractivity contribution >= 4 is 11.9 Å². The van der Waals surface area contributed by atoms with Crippen LogP contribution in [0.2, 0.25) is 0 Å². The number of carbonyl (C=O) groups is 1. The molecule has 0 aromatic carbocycles. The molecule has 0 atom stereocenters. The Balaban J connectivity index is 2.74. The Morgan fingerprint density at radius 1 is 1.38 bits per heavy atom. The predicted octanol–water partition coefficient (Wildman–Crippen LogP) is 1.28. The number of aromatic nitrogens is 1. The van der Waals surface area contributed by atoms with Crippen molar-refractivity contribution in [3.05, 3.63) is 39.3 Å². The maximum absolute atomic E-state index is 11.4. The van der Waals surface area contributed by atoms with Gasteiger partial charge >= 0.3 is 0 Å². The van der Waals surface area contributed by atoms with Gasteiger partial charge in [0.1, 0.15) is 0 Å². The maximum atomic E-state index is 11.4. The molecule has 0 aliphatic heterocycles. The molecule has 66 valence electrons. The summed E-state index contributed by atoms with van der Waals surface area (Å²) in [6, 6.07) is 1.65. The van der Waals surface area contributed by atoms with E-state index in [-0.39, 0.29) is 11.3 Å². The number of ketones is 1. The lowest BCUT2D eigenvalue weighted by molar-refractivity contribution is 0.0994. The number of rotatable bonds is 0. The van der Waals surface area contributed by atoms with Gasteiger partial charge < -0.3 is 4.98 Å². The Hall–Kier alpha value is -1.64. The first-order chi connectivity index (χ1) is 6.18. The summed E-state index contributed by atoms with van der Waals surface area (Å²) >= 11 is 0. The molecule has 3 nitrogen and oxygen atoms in total. The molecular weight excluding hydrogens is 166 g/mol. The highest BCUT2D eigenvalue weighted by Crippen LogP contribution is 2.15. The van der Waals surface area contributed by atoms with Crippen molar-refractivity contribution in [3.8, 4) is 0 Å². The Kier molecular flexibility index (Phi) is 1.65. The first kappa shape index (κ1) is 7.98. The molecule has 1 aromatic heterocycles. The highest BCUT2D eigenvalue weighted by atomic mass is 16.1. The summed E-state index contributed by atoms with van der Waals surface area (Å²) in [4.78, 5) is 25.2. The van der Waals surface area contributed by atoms with Gasteiger partial charge in [-0.3, -0.25) is 9.59 Å². The molecule has 1 N–H and O–H groups in total. The van der Waals surface area contributed by atoms with Gasteiger partial charge in [0.15, 0.2) is 5.78 Å². The van der Waals surface area contributed by atoms with E-state index in [1.807, 2.05) is 0 Å². The van der Waals surface area contributed by atoms with Gasteiger partial charge in [-0.25, -0.2) is 0 Å². The van der Waals surface area contributed by atoms with E-state index in [0.29, 0.717) is 23.2 Å². The quantitative estimate of drug-likeness (QED) is 0.645. The standard InChI is InChI=1S/C10H9NO2/c1-6-5-7-8(11-10(6)13)3-2-4-9(7)12/h2-3,5H,4H2,1H3,(H,11,13). The summed E-state index contributed by atoms with van der Waals surface area (Å²) < 4.78 is 0. The van der Waals surface area contributed by atoms with Crippen LogP contribution in [0.1, 0.15) is 28.0 Å². The van der Waals surface area contributed by atoms with Crippen LogP contribution in [-0.2, 0) is 0 Å². The molecule has 0 saturated heterocycles. The number of carbonyl (C=O) groups excluding carboxylic acids is 1. The molecule has 2 rings (SSSR count). The van der Waals surface area contributed by atoms with Crippen LogP contribution in [-0.4, -0.2) is 10.8 Å². The van der Waals surface area contributed by atoms with Crippen LogP contribution >= 0.6 is 0 Å². The van der Waals surface area contributed by atoms with Gasteiger partial charge in [-0.15, -0.1) is 0 Å². The lowest BCUT2D eigenvalue weighted by Gasteiger charge is -2.08. The first-order valence-corrected chi connectivity index (χ1v) is 4.12. The maximum Gasteiger partial charge on any atom is 0.251 e. The van der Waals surface area contributed by atoms with Crippen molar-refractivity contribution in [1.29, 1.82) is 0 Å². The second kappa shape index (κ2) is 2.69. The Bertz CT molecular complexity index is 454. The van der Waals surface area contributed by atoms with Gasteiger partial charge in [-0.2, -0.15) is 0 Å². The number of pyridine rings is 1. The lowest BCUT2D eigenvalue weighted by atomic mass is 9.99. The van der Waals surface area contributed by atoms with Crippen LogP contribution in [0.4, 0.5) is 0 Å². The molecule has 0 saturated carbocycles. The molecule has 1 aliphatic rings. The fourth-order valence-corrected chi connectivity index (χ4v) is 1.40. The van der Waals surface area contributed by atoms with Gasteiger partial charge in [0.2, 0.25) is 0 Å². The third kappa shape index (κ3) is 1.22. The number of Topliss-reactive ketones (excluding diaryl/α,β-unsaturated/α-hetero) is 1. The zero-order chi connectivity index (χ0) is 9.42. The van der Waals surface area contributed by atoms with Crippen LogP contribution in [0, 0.1) is 6.92 Å². The second-order valence-electron chi connectivity index (χ2n) is 3.14. The summed E-state index contributed by atoms with van der Waals surface area (Å²) in [5, 5.41) is 0. The molecule has 1 heterocycles. The molecule has 1 aliphatic carbocycles. The van der Waals surface area contributed by atoms with Crippen molar-refractivity contribution in [3.63, 3.8) is 0 Å². The average molecular weight is 175 g/mol. The summed E-state index contributed by atoms with van der Waals surface area (Å²) in [6.07, 6.45) is 3.96. The van der Waals surface area contributed by atoms with Crippen molar-refractivity contribution < 1.29 is 4.79 Å². The Morgan fingerprint density at radius 2 is 2.15 bits per heavy atom. The SMILES string of the molecule is Cc1cc2c([nH]c1=O)C=CCC2=O. The predicted molar refractivity (Wildman–Crippen MR) is 49.8 cm³/mol. The number of H-pyrrole nitrogens is 1.